The number of ketones is 1. The zero-order valence-electron chi connectivity index (χ0n) is 15.2. The van der Waals surface area contributed by atoms with E-state index in [1.54, 1.807) is 45.3 Å². The second-order valence-electron chi connectivity index (χ2n) is 6.21. The average Bonchev–Trinajstić information content (AvgIpc) is 3.32. The molecule has 0 radical (unpaired) electrons. The van der Waals surface area contributed by atoms with Crippen LogP contribution < -0.4 is 4.90 Å². The Morgan fingerprint density at radius 2 is 1.96 bits per heavy atom. The van der Waals surface area contributed by atoms with Crippen LogP contribution in [0.3, 0.4) is 0 Å². The molecule has 1 atom stereocenters. The first kappa shape index (κ1) is 18.4. The SMILES string of the molecule is Cc1nnc(N2C(=O)C(O)=C(C(=O)c3sc(C)nc3C)C2c2cccnc2)s1. The summed E-state index contributed by atoms with van der Waals surface area (Å²) in [7, 11) is 0. The van der Waals surface area contributed by atoms with Crippen LogP contribution in [-0.2, 0) is 4.79 Å². The molecule has 0 aliphatic carbocycles. The minimum atomic E-state index is -0.845. The Labute approximate surface area is 168 Å². The Kier molecular flexibility index (Phi) is 4.52. The van der Waals surface area contributed by atoms with E-state index in [2.05, 4.69) is 20.2 Å². The molecule has 1 aliphatic rings. The van der Waals surface area contributed by atoms with Gasteiger partial charge in [-0.15, -0.1) is 21.5 Å². The number of rotatable bonds is 4. The average molecular weight is 413 g/mol. The minimum absolute atomic E-state index is 0.00222. The van der Waals surface area contributed by atoms with Crippen LogP contribution in [0.1, 0.15) is 37.0 Å². The number of nitrogens with zero attached hydrogens (tertiary/aromatic N) is 5. The topological polar surface area (TPSA) is 109 Å². The van der Waals surface area contributed by atoms with E-state index in [1.807, 2.05) is 0 Å². The maximum Gasteiger partial charge on any atom is 0.296 e. The lowest BCUT2D eigenvalue weighted by atomic mass is 9.96. The van der Waals surface area contributed by atoms with Crippen molar-refractivity contribution in [3.05, 3.63) is 62.0 Å². The fraction of sp³-hybridized carbons (Fsp3) is 0.222. The second-order valence-corrected chi connectivity index (χ2v) is 8.57. The van der Waals surface area contributed by atoms with Crippen molar-refractivity contribution in [3.63, 3.8) is 0 Å². The smallest absolute Gasteiger partial charge is 0.296 e. The van der Waals surface area contributed by atoms with Crippen molar-refractivity contribution in [1.82, 2.24) is 20.2 Å². The molecule has 0 bridgehead atoms. The number of carbonyl (C=O) groups is 2. The van der Waals surface area contributed by atoms with E-state index in [1.165, 1.54) is 27.6 Å². The van der Waals surface area contributed by atoms with Crippen molar-refractivity contribution < 1.29 is 14.7 Å². The van der Waals surface area contributed by atoms with Gasteiger partial charge in [-0.25, -0.2) is 4.98 Å². The highest BCUT2D eigenvalue weighted by molar-refractivity contribution is 7.15. The standard InChI is InChI=1S/C18H15N5O3S2/c1-8-16(27-9(2)20-8)14(24)12-13(11-5-4-6-19-7-11)23(17(26)15(12)25)18-22-21-10(3)28-18/h4-7,13,25H,1-3H3. The number of aromatic nitrogens is 4. The van der Waals surface area contributed by atoms with Crippen LogP contribution in [0.2, 0.25) is 0 Å². The molecule has 1 aliphatic heterocycles. The van der Waals surface area contributed by atoms with Crippen LogP contribution in [0.5, 0.6) is 0 Å². The van der Waals surface area contributed by atoms with Crippen LogP contribution in [0.15, 0.2) is 35.9 Å². The summed E-state index contributed by atoms with van der Waals surface area (Å²) in [4.78, 5) is 36.3. The Balaban J connectivity index is 1.89. The molecule has 1 N–H and O–H groups in total. The number of hydrogen-bond acceptors (Lipinski definition) is 9. The molecule has 4 rings (SSSR count). The lowest BCUT2D eigenvalue weighted by Gasteiger charge is -2.23. The third-order valence-electron chi connectivity index (χ3n) is 4.28. The highest BCUT2D eigenvalue weighted by atomic mass is 32.1. The van der Waals surface area contributed by atoms with E-state index in [0.29, 0.717) is 26.3 Å². The van der Waals surface area contributed by atoms with Crippen LogP contribution in [0, 0.1) is 20.8 Å². The van der Waals surface area contributed by atoms with Crippen LogP contribution in [0.4, 0.5) is 5.13 Å². The quantitative estimate of drug-likeness (QED) is 0.655. The Morgan fingerprint density at radius 3 is 2.54 bits per heavy atom. The zero-order chi connectivity index (χ0) is 20.0. The largest absolute Gasteiger partial charge is 0.503 e. The molecule has 0 spiro atoms. The van der Waals surface area contributed by atoms with Crippen molar-refractivity contribution in [1.29, 1.82) is 0 Å². The normalized spacial score (nSPS) is 16.9. The van der Waals surface area contributed by atoms with Gasteiger partial charge in [0.05, 0.1) is 27.2 Å². The number of amides is 1. The molecular weight excluding hydrogens is 398 g/mol. The molecule has 0 saturated carbocycles. The molecule has 28 heavy (non-hydrogen) atoms. The lowest BCUT2D eigenvalue weighted by molar-refractivity contribution is -0.117. The molecule has 0 saturated heterocycles. The maximum atomic E-state index is 13.3. The Bertz CT molecular complexity index is 1120. The first-order valence-corrected chi connectivity index (χ1v) is 9.97. The summed E-state index contributed by atoms with van der Waals surface area (Å²) in [5.41, 5.74) is 1.16. The molecule has 1 amide bonds. The predicted octanol–water partition coefficient (Wildman–Crippen LogP) is 3.10. The third-order valence-corrected chi connectivity index (χ3v) is 6.19. The molecule has 10 heteroatoms. The van der Waals surface area contributed by atoms with Gasteiger partial charge in [-0.1, -0.05) is 17.4 Å². The van der Waals surface area contributed by atoms with Crippen molar-refractivity contribution in [2.45, 2.75) is 26.8 Å². The van der Waals surface area contributed by atoms with Gasteiger partial charge < -0.3 is 5.11 Å². The molecule has 0 aromatic carbocycles. The van der Waals surface area contributed by atoms with Gasteiger partial charge >= 0.3 is 0 Å². The van der Waals surface area contributed by atoms with Gasteiger partial charge in [0.1, 0.15) is 5.01 Å². The molecule has 0 fully saturated rings. The van der Waals surface area contributed by atoms with Gasteiger partial charge in [-0.3, -0.25) is 19.5 Å². The van der Waals surface area contributed by atoms with Gasteiger partial charge in [0.15, 0.2) is 5.76 Å². The second kappa shape index (κ2) is 6.88. The minimum Gasteiger partial charge on any atom is -0.503 e. The molecule has 8 nitrogen and oxygen atoms in total. The first-order valence-electron chi connectivity index (χ1n) is 8.34. The molecular formula is C18H15N5O3S2. The van der Waals surface area contributed by atoms with E-state index < -0.39 is 23.5 Å². The third kappa shape index (κ3) is 2.90. The number of aliphatic hydroxyl groups excluding tert-OH is 1. The van der Waals surface area contributed by atoms with Crippen LogP contribution >= 0.6 is 22.7 Å². The number of aryl methyl sites for hydroxylation is 3. The van der Waals surface area contributed by atoms with Crippen molar-refractivity contribution >= 4 is 39.5 Å². The summed E-state index contributed by atoms with van der Waals surface area (Å²) >= 11 is 2.44. The molecule has 3 aromatic rings. The van der Waals surface area contributed by atoms with E-state index in [9.17, 15) is 14.7 Å². The summed E-state index contributed by atoms with van der Waals surface area (Å²) in [5.74, 6) is -1.70. The van der Waals surface area contributed by atoms with E-state index in [0.717, 1.165) is 5.01 Å². The number of hydrogen-bond donors (Lipinski definition) is 1. The number of aliphatic hydroxyl groups is 1. The van der Waals surface area contributed by atoms with Gasteiger partial charge in [-0.2, -0.15) is 0 Å². The highest BCUT2D eigenvalue weighted by Crippen LogP contribution is 2.43. The monoisotopic (exact) mass is 413 g/mol. The van der Waals surface area contributed by atoms with Gasteiger partial charge in [-0.05, 0) is 32.4 Å². The van der Waals surface area contributed by atoms with Crippen LogP contribution in [-0.4, -0.2) is 37.0 Å². The summed E-state index contributed by atoms with van der Waals surface area (Å²) in [6, 6.07) is 2.62. The van der Waals surface area contributed by atoms with Crippen molar-refractivity contribution in [2.75, 3.05) is 4.90 Å². The Morgan fingerprint density at radius 1 is 1.18 bits per heavy atom. The maximum absolute atomic E-state index is 13.3. The van der Waals surface area contributed by atoms with Crippen molar-refractivity contribution in [2.24, 2.45) is 0 Å². The van der Waals surface area contributed by atoms with E-state index >= 15 is 0 Å². The zero-order valence-corrected chi connectivity index (χ0v) is 16.8. The molecule has 1 unspecified atom stereocenters. The van der Waals surface area contributed by atoms with Gasteiger partial charge in [0.2, 0.25) is 10.9 Å². The summed E-state index contributed by atoms with van der Waals surface area (Å²) in [6.07, 6.45) is 3.16. The summed E-state index contributed by atoms with van der Waals surface area (Å²) < 4.78 is 0. The molecule has 142 valence electrons. The number of pyridine rings is 1. The van der Waals surface area contributed by atoms with E-state index in [4.69, 9.17) is 0 Å². The Hall–Kier alpha value is -2.98. The highest BCUT2D eigenvalue weighted by Gasteiger charge is 2.46. The summed E-state index contributed by atoms with van der Waals surface area (Å²) in [6.45, 7) is 5.30. The van der Waals surface area contributed by atoms with Gasteiger partial charge in [0, 0.05) is 12.4 Å². The number of carbonyl (C=O) groups excluding carboxylic acids is 2. The number of thiazole rings is 1. The van der Waals surface area contributed by atoms with E-state index in [-0.39, 0.29) is 5.57 Å². The number of anilines is 1. The predicted molar refractivity (Wildman–Crippen MR) is 105 cm³/mol. The van der Waals surface area contributed by atoms with Crippen LogP contribution in [0.25, 0.3) is 0 Å². The van der Waals surface area contributed by atoms with Gasteiger partial charge in [0.25, 0.3) is 5.91 Å². The van der Waals surface area contributed by atoms with Crippen molar-refractivity contribution in [3.8, 4) is 0 Å². The lowest BCUT2D eigenvalue weighted by Crippen LogP contribution is -2.31. The first-order chi connectivity index (χ1) is 13.4. The molecule has 3 aromatic heterocycles. The fourth-order valence-electron chi connectivity index (χ4n) is 3.14. The fourth-order valence-corrected chi connectivity index (χ4v) is 4.72. The summed E-state index contributed by atoms with van der Waals surface area (Å²) in [5, 5.41) is 20.4. The molecule has 4 heterocycles. The number of Topliss-reactive ketones (excluding diaryl/α,β-unsaturated/α-hetero) is 1.